The predicted octanol–water partition coefficient (Wildman–Crippen LogP) is 3.89. The topological polar surface area (TPSA) is 163 Å². The minimum atomic E-state index is -0.926. The number of ether oxygens (including phenoxy) is 1. The van der Waals surface area contributed by atoms with Crippen molar-refractivity contribution in [3.05, 3.63) is 88.8 Å². The molecule has 1 saturated heterocycles. The van der Waals surface area contributed by atoms with E-state index in [0.717, 1.165) is 54.0 Å². The highest BCUT2D eigenvalue weighted by atomic mass is 35.5. The lowest BCUT2D eigenvalue weighted by molar-refractivity contribution is -0.130. The number of aromatic amines is 2. The van der Waals surface area contributed by atoms with Crippen molar-refractivity contribution < 1.29 is 14.3 Å². The number of nitrogens with one attached hydrogen (secondary N) is 2. The van der Waals surface area contributed by atoms with Crippen LogP contribution in [-0.4, -0.2) is 65.9 Å². The zero-order valence-electron chi connectivity index (χ0n) is 26.3. The average molecular weight is 660 g/mol. The Kier molecular flexibility index (Phi) is 11.3. The quantitative estimate of drug-likeness (QED) is 0.210. The van der Waals surface area contributed by atoms with Crippen LogP contribution in [0, 0.1) is 11.8 Å². The second-order valence-corrected chi connectivity index (χ2v) is 12.2. The maximum Gasteiger partial charge on any atom is 0.264 e. The zero-order chi connectivity index (χ0) is 32.0. The molecular weight excluding hydrogens is 618 g/mol. The lowest BCUT2D eigenvalue weighted by Crippen LogP contribution is -2.50. The van der Waals surface area contributed by atoms with E-state index in [1.165, 1.54) is 11.0 Å². The molecule has 11 nitrogen and oxygen atoms in total. The fraction of sp³-hybridized carbons (Fsp3) is 0.371. The largest absolute Gasteiger partial charge is 0.378 e. The van der Waals surface area contributed by atoms with Gasteiger partial charge in [0, 0.05) is 36.8 Å². The summed E-state index contributed by atoms with van der Waals surface area (Å²) in [5.74, 6) is 0.387. The lowest BCUT2D eigenvalue weighted by atomic mass is 9.81. The molecule has 248 valence electrons. The Bertz CT molecular complexity index is 1670. The smallest absolute Gasteiger partial charge is 0.264 e. The molecular formula is C35H42ClN7O4. The number of hydrogen-bond acceptors (Lipinski definition) is 8. The Labute approximate surface area is 280 Å². The number of rotatable bonds is 9. The number of amides is 2. The van der Waals surface area contributed by atoms with Gasteiger partial charge in [-0.15, -0.1) is 12.4 Å². The van der Waals surface area contributed by atoms with E-state index in [1.807, 2.05) is 36.5 Å². The van der Waals surface area contributed by atoms with Crippen LogP contribution in [0.25, 0.3) is 22.4 Å². The van der Waals surface area contributed by atoms with E-state index >= 15 is 0 Å². The summed E-state index contributed by atoms with van der Waals surface area (Å²) in [5, 5.41) is 5.35. The maximum absolute atomic E-state index is 13.9. The molecule has 0 radical (unpaired) electrons. The van der Waals surface area contributed by atoms with Gasteiger partial charge in [-0.05, 0) is 85.5 Å². The molecule has 0 spiro atoms. The van der Waals surface area contributed by atoms with E-state index in [9.17, 15) is 14.4 Å². The average Bonchev–Trinajstić information content (AvgIpc) is 3.55. The third-order valence-corrected chi connectivity index (χ3v) is 9.15. The first kappa shape index (κ1) is 34.1. The Balaban J connectivity index is 0.00000433. The fourth-order valence-electron chi connectivity index (χ4n) is 6.35. The molecule has 0 unspecified atom stereocenters. The standard InChI is InChI=1S/C35H41N7O4.ClH/c36-21-24-3-7-27(8-4-24)34(44)42(29-12-9-26(10-13-29)31-20-33(43)40-39-31)35(45)30(37)19-23-1-5-25(6-2-23)28-11-14-32(38-22-28)41-15-17-46-18-16-41;/h1-2,5-6,9-14,20,22,24,27,30H,3-4,7-8,15-19,21,36-37H2,(H2,39,40,43);1H/t24?,27?,30-;/m0./s1. The molecule has 6 N–H and O–H groups in total. The Hall–Kier alpha value is -4.29. The van der Waals surface area contributed by atoms with Crippen LogP contribution in [0.1, 0.15) is 31.2 Å². The van der Waals surface area contributed by atoms with E-state index < -0.39 is 11.9 Å². The molecule has 1 aliphatic carbocycles. The third-order valence-electron chi connectivity index (χ3n) is 9.15. The van der Waals surface area contributed by atoms with Crippen LogP contribution in [0.15, 0.2) is 77.7 Å². The summed E-state index contributed by atoms with van der Waals surface area (Å²) < 4.78 is 5.44. The van der Waals surface area contributed by atoms with Gasteiger partial charge in [0.25, 0.3) is 11.5 Å². The van der Waals surface area contributed by atoms with Crippen LogP contribution in [0.2, 0.25) is 0 Å². The first-order valence-corrected chi connectivity index (χ1v) is 16.0. The molecule has 2 aliphatic rings. The molecule has 1 saturated carbocycles. The molecule has 2 fully saturated rings. The summed E-state index contributed by atoms with van der Waals surface area (Å²) in [4.78, 5) is 47.6. The van der Waals surface area contributed by atoms with E-state index in [-0.39, 0.29) is 36.2 Å². The van der Waals surface area contributed by atoms with Crippen molar-refractivity contribution in [3.8, 4) is 22.4 Å². The van der Waals surface area contributed by atoms with Gasteiger partial charge in [-0.25, -0.2) is 9.88 Å². The lowest BCUT2D eigenvalue weighted by Gasteiger charge is -2.32. The van der Waals surface area contributed by atoms with Gasteiger partial charge < -0.3 is 21.1 Å². The summed E-state index contributed by atoms with van der Waals surface area (Å²) in [5.41, 5.74) is 16.9. The number of hydrogen-bond donors (Lipinski definition) is 4. The molecule has 0 bridgehead atoms. The third kappa shape index (κ3) is 7.99. The number of halogens is 1. The number of aromatic nitrogens is 3. The number of carbonyl (C=O) groups excluding carboxylic acids is 2. The number of imide groups is 1. The van der Waals surface area contributed by atoms with Crippen molar-refractivity contribution in [2.45, 2.75) is 38.1 Å². The van der Waals surface area contributed by atoms with Crippen LogP contribution in [0.3, 0.4) is 0 Å². The number of H-pyrrole nitrogens is 2. The van der Waals surface area contributed by atoms with Gasteiger partial charge in [-0.1, -0.05) is 36.4 Å². The van der Waals surface area contributed by atoms with Gasteiger partial charge >= 0.3 is 0 Å². The summed E-state index contributed by atoms with van der Waals surface area (Å²) in [6, 6.07) is 19.6. The van der Waals surface area contributed by atoms with E-state index in [1.54, 1.807) is 24.3 Å². The highest BCUT2D eigenvalue weighted by Crippen LogP contribution is 2.32. The molecule has 12 heteroatoms. The minimum Gasteiger partial charge on any atom is -0.378 e. The van der Waals surface area contributed by atoms with Crippen LogP contribution in [-0.2, 0) is 20.7 Å². The number of anilines is 2. The van der Waals surface area contributed by atoms with E-state index in [4.69, 9.17) is 16.2 Å². The summed E-state index contributed by atoms with van der Waals surface area (Å²) in [6.45, 7) is 3.69. The van der Waals surface area contributed by atoms with Crippen LogP contribution in [0.5, 0.6) is 0 Å². The summed E-state index contributed by atoms with van der Waals surface area (Å²) in [6.07, 6.45) is 5.24. The SMILES string of the molecule is Cl.NCC1CCC(C(=O)N(C(=O)[C@@H](N)Cc2ccc(-c3ccc(N4CCOCC4)nc3)cc2)c2ccc(-c3cc(=O)[nH][nH]3)cc2)CC1. The molecule has 2 amide bonds. The van der Waals surface area contributed by atoms with Crippen molar-refractivity contribution in [1.29, 1.82) is 0 Å². The molecule has 2 aromatic heterocycles. The Morgan fingerprint density at radius 2 is 1.57 bits per heavy atom. The van der Waals surface area contributed by atoms with Gasteiger partial charge in [0.1, 0.15) is 5.82 Å². The Morgan fingerprint density at radius 3 is 2.17 bits per heavy atom. The van der Waals surface area contributed by atoms with Gasteiger partial charge in [0.05, 0.1) is 30.6 Å². The summed E-state index contributed by atoms with van der Waals surface area (Å²) >= 11 is 0. The number of carbonyl (C=O) groups is 2. The summed E-state index contributed by atoms with van der Waals surface area (Å²) in [7, 11) is 0. The van der Waals surface area contributed by atoms with Crippen molar-refractivity contribution in [3.63, 3.8) is 0 Å². The molecule has 1 atom stereocenters. The van der Waals surface area contributed by atoms with Crippen molar-refractivity contribution in [2.24, 2.45) is 23.3 Å². The predicted molar refractivity (Wildman–Crippen MR) is 185 cm³/mol. The van der Waals surface area contributed by atoms with E-state index in [0.29, 0.717) is 49.9 Å². The van der Waals surface area contributed by atoms with Gasteiger partial charge in [0.15, 0.2) is 0 Å². The van der Waals surface area contributed by atoms with Gasteiger partial charge in [-0.3, -0.25) is 24.6 Å². The van der Waals surface area contributed by atoms with Gasteiger partial charge in [-0.2, -0.15) is 0 Å². The fourth-order valence-corrected chi connectivity index (χ4v) is 6.35. The molecule has 4 aromatic rings. The first-order valence-electron chi connectivity index (χ1n) is 16.0. The maximum atomic E-state index is 13.9. The van der Waals surface area contributed by atoms with Gasteiger partial charge in [0.2, 0.25) is 5.91 Å². The second-order valence-electron chi connectivity index (χ2n) is 12.2. The van der Waals surface area contributed by atoms with Crippen LogP contribution < -0.4 is 26.8 Å². The highest BCUT2D eigenvalue weighted by molar-refractivity contribution is 6.17. The number of nitrogens with two attached hydrogens (primary N) is 2. The molecule has 47 heavy (non-hydrogen) atoms. The molecule has 6 rings (SSSR count). The number of nitrogens with zero attached hydrogens (tertiary/aromatic N) is 3. The minimum absolute atomic E-state index is 0. The number of pyridine rings is 1. The molecule has 2 aromatic carbocycles. The second kappa shape index (κ2) is 15.5. The number of benzene rings is 2. The number of morpholine rings is 1. The zero-order valence-corrected chi connectivity index (χ0v) is 27.1. The van der Waals surface area contributed by atoms with Crippen molar-refractivity contribution in [1.82, 2.24) is 15.2 Å². The van der Waals surface area contributed by atoms with E-state index in [2.05, 4.69) is 26.1 Å². The highest BCUT2D eigenvalue weighted by Gasteiger charge is 2.35. The van der Waals surface area contributed by atoms with Crippen molar-refractivity contribution >= 4 is 35.7 Å². The Morgan fingerprint density at radius 1 is 0.915 bits per heavy atom. The van der Waals surface area contributed by atoms with Crippen molar-refractivity contribution in [2.75, 3.05) is 42.6 Å². The van der Waals surface area contributed by atoms with Crippen LogP contribution >= 0.6 is 12.4 Å². The molecule has 3 heterocycles. The normalized spacial score (nSPS) is 18.6. The monoisotopic (exact) mass is 659 g/mol. The molecule has 1 aliphatic heterocycles. The van der Waals surface area contributed by atoms with Crippen LogP contribution in [0.4, 0.5) is 11.5 Å². The first-order chi connectivity index (χ1) is 22.4.